The molecule has 0 aliphatic heterocycles. The van der Waals surface area contributed by atoms with Crippen LogP contribution in [0.3, 0.4) is 0 Å². The summed E-state index contributed by atoms with van der Waals surface area (Å²) in [6.45, 7) is 4.01. The number of Topliss-reactive ketones (excluding diaryl/α,β-unsaturated/α-hetero) is 1. The molecule has 2 aromatic rings. The number of ketones is 1. The molecule has 0 fully saturated rings. The third-order valence-corrected chi connectivity index (χ3v) is 2.44. The number of aromatic nitrogens is 4. The van der Waals surface area contributed by atoms with E-state index in [4.69, 9.17) is 0 Å². The van der Waals surface area contributed by atoms with Gasteiger partial charge in [0.05, 0.1) is 6.42 Å². The maximum absolute atomic E-state index is 12.0. The van der Waals surface area contributed by atoms with Crippen molar-refractivity contribution in [3.63, 3.8) is 0 Å². The third kappa shape index (κ3) is 2.55. The minimum absolute atomic E-state index is 0.00741. The number of carbonyl (C=O) groups is 1. The second-order valence-corrected chi connectivity index (χ2v) is 4.06. The van der Waals surface area contributed by atoms with Crippen LogP contribution in [-0.2, 0) is 6.42 Å². The molecule has 0 saturated carbocycles. The summed E-state index contributed by atoms with van der Waals surface area (Å²) in [5.41, 5.74) is 0.603. The largest absolute Gasteiger partial charge is 0.294 e. The summed E-state index contributed by atoms with van der Waals surface area (Å²) in [5.74, 6) is 0.696. The zero-order chi connectivity index (χ0) is 12.3. The fourth-order valence-corrected chi connectivity index (χ4v) is 1.61. The minimum atomic E-state index is 0.00741. The number of hydrogen-bond acceptors (Lipinski definition) is 4. The van der Waals surface area contributed by atoms with E-state index in [1.807, 2.05) is 13.8 Å². The molecule has 0 amide bonds. The van der Waals surface area contributed by atoms with Gasteiger partial charge < -0.3 is 0 Å². The van der Waals surface area contributed by atoms with Crippen molar-refractivity contribution in [2.45, 2.75) is 26.3 Å². The lowest BCUT2D eigenvalue weighted by Crippen LogP contribution is -2.13. The van der Waals surface area contributed by atoms with Crippen LogP contribution in [0.2, 0.25) is 0 Å². The Morgan fingerprint density at radius 3 is 2.94 bits per heavy atom. The van der Waals surface area contributed by atoms with Crippen LogP contribution in [-0.4, -0.2) is 25.5 Å². The minimum Gasteiger partial charge on any atom is -0.294 e. The predicted molar refractivity (Wildman–Crippen MR) is 62.7 cm³/mol. The summed E-state index contributed by atoms with van der Waals surface area (Å²) in [6, 6.07) is 3.71. The summed E-state index contributed by atoms with van der Waals surface area (Å²) in [6.07, 6.45) is 4.95. The van der Waals surface area contributed by atoms with Gasteiger partial charge in [-0.2, -0.15) is 5.10 Å². The van der Waals surface area contributed by atoms with E-state index in [-0.39, 0.29) is 18.2 Å². The Balaban J connectivity index is 2.16. The van der Waals surface area contributed by atoms with E-state index in [1.165, 1.54) is 6.33 Å². The first-order chi connectivity index (χ1) is 8.18. The van der Waals surface area contributed by atoms with Crippen LogP contribution in [0, 0.1) is 0 Å². The lowest BCUT2D eigenvalue weighted by Gasteiger charge is -2.08. The van der Waals surface area contributed by atoms with Crippen molar-refractivity contribution in [3.05, 3.63) is 42.2 Å². The Bertz CT molecular complexity index is 504. The maximum Gasteiger partial charge on any atom is 0.171 e. The van der Waals surface area contributed by atoms with Crippen molar-refractivity contribution in [1.82, 2.24) is 19.7 Å². The highest BCUT2D eigenvalue weighted by molar-refractivity contribution is 5.96. The predicted octanol–water partition coefficient (Wildman–Crippen LogP) is 1.68. The van der Waals surface area contributed by atoms with Crippen LogP contribution < -0.4 is 0 Å². The SMILES string of the molecule is CC(C)n1ncnc1CC(=O)c1cccnc1. The van der Waals surface area contributed by atoms with Crippen LogP contribution in [0.4, 0.5) is 0 Å². The Hall–Kier alpha value is -2.04. The van der Waals surface area contributed by atoms with Gasteiger partial charge in [0.1, 0.15) is 12.2 Å². The van der Waals surface area contributed by atoms with Gasteiger partial charge in [0.2, 0.25) is 0 Å². The quantitative estimate of drug-likeness (QED) is 0.750. The first-order valence-corrected chi connectivity index (χ1v) is 5.50. The monoisotopic (exact) mass is 230 g/mol. The van der Waals surface area contributed by atoms with Crippen molar-refractivity contribution in [2.75, 3.05) is 0 Å². The normalized spacial score (nSPS) is 10.8. The first kappa shape index (κ1) is 11.4. The second-order valence-electron chi connectivity index (χ2n) is 4.06. The molecule has 2 rings (SSSR count). The highest BCUT2D eigenvalue weighted by Gasteiger charge is 2.13. The fourth-order valence-electron chi connectivity index (χ4n) is 1.61. The van der Waals surface area contributed by atoms with Crippen LogP contribution >= 0.6 is 0 Å². The Labute approximate surface area is 99.5 Å². The lowest BCUT2D eigenvalue weighted by atomic mass is 10.1. The van der Waals surface area contributed by atoms with E-state index in [0.29, 0.717) is 11.4 Å². The van der Waals surface area contributed by atoms with E-state index in [1.54, 1.807) is 29.2 Å². The molecule has 0 N–H and O–H groups in total. The molecule has 0 atom stereocenters. The van der Waals surface area contributed by atoms with Gasteiger partial charge in [-0.25, -0.2) is 9.67 Å². The summed E-state index contributed by atoms with van der Waals surface area (Å²) >= 11 is 0. The van der Waals surface area contributed by atoms with Gasteiger partial charge in [-0.3, -0.25) is 9.78 Å². The van der Waals surface area contributed by atoms with Gasteiger partial charge in [-0.1, -0.05) is 0 Å². The first-order valence-electron chi connectivity index (χ1n) is 5.50. The molecule has 88 valence electrons. The molecule has 5 heteroatoms. The fraction of sp³-hybridized carbons (Fsp3) is 0.333. The molecule has 0 aliphatic carbocycles. The lowest BCUT2D eigenvalue weighted by molar-refractivity contribution is 0.0988. The zero-order valence-electron chi connectivity index (χ0n) is 9.87. The molecule has 0 unspecified atom stereocenters. The molecule has 0 saturated heterocycles. The number of rotatable bonds is 4. The molecule has 0 bridgehead atoms. The topological polar surface area (TPSA) is 60.7 Å². The molecular formula is C12H14N4O. The van der Waals surface area contributed by atoms with Crippen LogP contribution in [0.15, 0.2) is 30.9 Å². The Morgan fingerprint density at radius 2 is 2.29 bits per heavy atom. The number of hydrogen-bond donors (Lipinski definition) is 0. The van der Waals surface area contributed by atoms with E-state index in [0.717, 1.165) is 0 Å². The molecule has 2 heterocycles. The van der Waals surface area contributed by atoms with Crippen molar-refractivity contribution >= 4 is 5.78 Å². The average molecular weight is 230 g/mol. The molecule has 0 aromatic carbocycles. The molecule has 0 radical (unpaired) electrons. The van der Waals surface area contributed by atoms with Crippen molar-refractivity contribution in [2.24, 2.45) is 0 Å². The van der Waals surface area contributed by atoms with Crippen molar-refractivity contribution in [3.8, 4) is 0 Å². The van der Waals surface area contributed by atoms with E-state index >= 15 is 0 Å². The highest BCUT2D eigenvalue weighted by Crippen LogP contribution is 2.08. The number of nitrogens with zero attached hydrogens (tertiary/aromatic N) is 4. The van der Waals surface area contributed by atoms with Crippen molar-refractivity contribution in [1.29, 1.82) is 0 Å². The van der Waals surface area contributed by atoms with Gasteiger partial charge in [-0.05, 0) is 26.0 Å². The van der Waals surface area contributed by atoms with Crippen LogP contribution in [0.5, 0.6) is 0 Å². The molecular weight excluding hydrogens is 216 g/mol. The standard InChI is InChI=1S/C12H14N4O/c1-9(2)16-12(14-8-15-16)6-11(17)10-4-3-5-13-7-10/h3-5,7-9H,6H2,1-2H3. The van der Waals surface area contributed by atoms with Gasteiger partial charge in [-0.15, -0.1) is 0 Å². The number of carbonyl (C=O) groups excluding carboxylic acids is 1. The van der Waals surface area contributed by atoms with E-state index in [9.17, 15) is 4.79 Å². The smallest absolute Gasteiger partial charge is 0.171 e. The summed E-state index contributed by atoms with van der Waals surface area (Å²) in [7, 11) is 0. The van der Waals surface area contributed by atoms with Gasteiger partial charge in [0.25, 0.3) is 0 Å². The summed E-state index contributed by atoms with van der Waals surface area (Å²) in [4.78, 5) is 20.0. The third-order valence-electron chi connectivity index (χ3n) is 2.44. The van der Waals surface area contributed by atoms with Crippen LogP contribution in [0.1, 0.15) is 36.1 Å². The van der Waals surface area contributed by atoms with Crippen LogP contribution in [0.25, 0.3) is 0 Å². The average Bonchev–Trinajstić information content (AvgIpc) is 2.78. The maximum atomic E-state index is 12.0. The van der Waals surface area contributed by atoms with Gasteiger partial charge in [0, 0.05) is 24.0 Å². The van der Waals surface area contributed by atoms with E-state index in [2.05, 4.69) is 15.1 Å². The Morgan fingerprint density at radius 1 is 1.47 bits per heavy atom. The second kappa shape index (κ2) is 4.86. The molecule has 0 spiro atoms. The van der Waals surface area contributed by atoms with Gasteiger partial charge >= 0.3 is 0 Å². The molecule has 17 heavy (non-hydrogen) atoms. The molecule has 0 aliphatic rings. The number of pyridine rings is 1. The van der Waals surface area contributed by atoms with Gasteiger partial charge in [0.15, 0.2) is 5.78 Å². The summed E-state index contributed by atoms with van der Waals surface area (Å²) < 4.78 is 1.76. The molecule has 5 nitrogen and oxygen atoms in total. The zero-order valence-corrected chi connectivity index (χ0v) is 9.87. The van der Waals surface area contributed by atoms with Crippen molar-refractivity contribution < 1.29 is 4.79 Å². The molecule has 2 aromatic heterocycles. The summed E-state index contributed by atoms with van der Waals surface area (Å²) in [5, 5.41) is 4.10. The Kier molecular flexibility index (Phi) is 3.27. The highest BCUT2D eigenvalue weighted by atomic mass is 16.1. The van der Waals surface area contributed by atoms with E-state index < -0.39 is 0 Å².